The van der Waals surface area contributed by atoms with E-state index in [1.807, 2.05) is 4.90 Å². The van der Waals surface area contributed by atoms with Gasteiger partial charge >= 0.3 is 6.03 Å². The number of halogens is 1. The van der Waals surface area contributed by atoms with Crippen LogP contribution >= 0.6 is 0 Å². The number of likely N-dealkylation sites (tertiary alicyclic amines) is 1. The van der Waals surface area contributed by atoms with E-state index in [1.54, 1.807) is 6.07 Å². The quantitative estimate of drug-likeness (QED) is 0.861. The maximum Gasteiger partial charge on any atom is 0.319 e. The minimum Gasteiger partial charge on any atom is -0.356 e. The monoisotopic (exact) mass is 388 g/mol. The number of piperidine rings is 1. The Kier molecular flexibility index (Phi) is 4.61. The zero-order valence-electron chi connectivity index (χ0n) is 17.1. The lowest BCUT2D eigenvalue weighted by Crippen LogP contribution is -2.65. The molecule has 1 N–H and O–H groups in total. The molecule has 0 saturated carbocycles. The number of aromatic nitrogens is 1. The summed E-state index contributed by atoms with van der Waals surface area (Å²) in [6, 6.07) is 4.63. The normalized spacial score (nSPS) is 24.9. The van der Waals surface area contributed by atoms with E-state index < -0.39 is 0 Å². The molecule has 6 nitrogen and oxygen atoms in total. The van der Waals surface area contributed by atoms with Gasteiger partial charge in [-0.3, -0.25) is 9.80 Å². The Balaban J connectivity index is 1.55. The highest BCUT2D eigenvalue weighted by Crippen LogP contribution is 2.40. The molecule has 0 spiro atoms. The summed E-state index contributed by atoms with van der Waals surface area (Å²) in [4.78, 5) is 17.1. The number of fused-ring (bicyclic) bond motifs is 1. The zero-order valence-corrected chi connectivity index (χ0v) is 17.1. The van der Waals surface area contributed by atoms with E-state index in [4.69, 9.17) is 4.52 Å². The molecule has 2 aliphatic rings. The summed E-state index contributed by atoms with van der Waals surface area (Å²) in [5.74, 6) is -0.0272. The predicted octanol–water partition coefficient (Wildman–Crippen LogP) is 4.08. The molecule has 1 aromatic carbocycles. The Morgan fingerprint density at radius 2 is 2.04 bits per heavy atom. The first-order valence-electron chi connectivity index (χ1n) is 10.1. The minimum atomic E-state index is -0.310. The Hall–Kier alpha value is -2.15. The second-order valence-electron chi connectivity index (χ2n) is 8.97. The minimum absolute atomic E-state index is 0.0148. The van der Waals surface area contributed by atoms with Crippen LogP contribution in [0.5, 0.6) is 0 Å². The maximum atomic E-state index is 13.4. The van der Waals surface area contributed by atoms with Crippen molar-refractivity contribution in [2.24, 2.45) is 0 Å². The molecule has 1 atom stereocenters. The van der Waals surface area contributed by atoms with Crippen LogP contribution in [0.1, 0.15) is 58.6 Å². The number of amides is 2. The number of benzene rings is 1. The SMILES string of the molecule is CCC1(N2CCC(c3noc4cc(F)ccc34)CC2)CNC(=O)N1C(C)(C)C. The first kappa shape index (κ1) is 19.2. The molecule has 152 valence electrons. The van der Waals surface area contributed by atoms with Crippen molar-refractivity contribution in [3.05, 3.63) is 29.7 Å². The van der Waals surface area contributed by atoms with E-state index in [0.717, 1.165) is 43.4 Å². The fourth-order valence-corrected chi connectivity index (χ4v) is 5.05. The summed E-state index contributed by atoms with van der Waals surface area (Å²) >= 11 is 0. The fourth-order valence-electron chi connectivity index (χ4n) is 5.05. The van der Waals surface area contributed by atoms with Crippen LogP contribution in [-0.2, 0) is 0 Å². The standard InChI is InChI=1S/C21H29FN4O2/c1-5-21(13-23-19(27)26(21)20(2,3)4)25-10-8-14(9-11-25)18-16-7-6-15(22)12-17(16)28-24-18/h6-7,12,14H,5,8-11,13H2,1-4H3,(H,23,27). The van der Waals surface area contributed by atoms with Gasteiger partial charge in [-0.1, -0.05) is 12.1 Å². The number of rotatable bonds is 3. The largest absolute Gasteiger partial charge is 0.356 e. The summed E-state index contributed by atoms with van der Waals surface area (Å²) < 4.78 is 18.8. The van der Waals surface area contributed by atoms with Gasteiger partial charge in [0.05, 0.1) is 12.2 Å². The van der Waals surface area contributed by atoms with Gasteiger partial charge < -0.3 is 9.84 Å². The average molecular weight is 388 g/mol. The van der Waals surface area contributed by atoms with E-state index in [1.165, 1.54) is 12.1 Å². The molecule has 28 heavy (non-hydrogen) atoms. The molecule has 0 aliphatic carbocycles. The molecular weight excluding hydrogens is 359 g/mol. The average Bonchev–Trinajstić information content (AvgIpc) is 3.22. The van der Waals surface area contributed by atoms with Crippen molar-refractivity contribution in [1.29, 1.82) is 0 Å². The number of nitrogens with zero attached hydrogens (tertiary/aromatic N) is 3. The van der Waals surface area contributed by atoms with Gasteiger partial charge in [0.2, 0.25) is 0 Å². The van der Waals surface area contributed by atoms with Crippen LogP contribution in [0.2, 0.25) is 0 Å². The first-order valence-corrected chi connectivity index (χ1v) is 10.1. The van der Waals surface area contributed by atoms with Crippen LogP contribution in [0.15, 0.2) is 22.7 Å². The Labute approximate surface area is 165 Å². The van der Waals surface area contributed by atoms with Gasteiger partial charge in [0.25, 0.3) is 0 Å². The molecule has 2 aliphatic heterocycles. The van der Waals surface area contributed by atoms with Gasteiger partial charge in [0.15, 0.2) is 5.58 Å². The van der Waals surface area contributed by atoms with Crippen LogP contribution in [0.25, 0.3) is 11.0 Å². The van der Waals surface area contributed by atoms with Gasteiger partial charge in [-0.2, -0.15) is 0 Å². The highest BCUT2D eigenvalue weighted by molar-refractivity contribution is 5.80. The third-order valence-corrected chi connectivity index (χ3v) is 6.31. The number of nitrogens with one attached hydrogen (secondary N) is 1. The zero-order chi connectivity index (χ0) is 20.1. The Morgan fingerprint density at radius 1 is 1.32 bits per heavy atom. The Bertz CT molecular complexity index is 882. The number of urea groups is 1. The van der Waals surface area contributed by atoms with Crippen LogP contribution in [-0.4, -0.2) is 51.8 Å². The van der Waals surface area contributed by atoms with Crippen LogP contribution < -0.4 is 5.32 Å². The van der Waals surface area contributed by atoms with Crippen molar-refractivity contribution in [3.63, 3.8) is 0 Å². The third-order valence-electron chi connectivity index (χ3n) is 6.31. The van der Waals surface area contributed by atoms with E-state index in [2.05, 4.69) is 43.1 Å². The lowest BCUT2D eigenvalue weighted by molar-refractivity contribution is -0.0593. The molecule has 7 heteroatoms. The van der Waals surface area contributed by atoms with E-state index in [-0.39, 0.29) is 29.0 Å². The maximum absolute atomic E-state index is 13.4. The fraction of sp³-hybridized carbons (Fsp3) is 0.619. The molecule has 1 aromatic heterocycles. The molecule has 2 saturated heterocycles. The van der Waals surface area contributed by atoms with Gasteiger partial charge in [-0.15, -0.1) is 0 Å². The number of carbonyl (C=O) groups excluding carboxylic acids is 1. The van der Waals surface area contributed by atoms with Crippen molar-refractivity contribution < 1.29 is 13.7 Å². The molecule has 0 bridgehead atoms. The molecule has 2 amide bonds. The Morgan fingerprint density at radius 3 is 2.68 bits per heavy atom. The molecule has 2 aromatic rings. The predicted molar refractivity (Wildman–Crippen MR) is 106 cm³/mol. The van der Waals surface area contributed by atoms with Crippen molar-refractivity contribution in [2.45, 2.75) is 64.1 Å². The highest BCUT2D eigenvalue weighted by Gasteiger charge is 2.53. The van der Waals surface area contributed by atoms with Crippen molar-refractivity contribution in [3.8, 4) is 0 Å². The molecular formula is C21H29FN4O2. The summed E-state index contributed by atoms with van der Waals surface area (Å²) in [5, 5.41) is 8.22. The van der Waals surface area contributed by atoms with E-state index in [0.29, 0.717) is 12.1 Å². The molecule has 2 fully saturated rings. The van der Waals surface area contributed by atoms with Gasteiger partial charge in [-0.05, 0) is 52.2 Å². The van der Waals surface area contributed by atoms with Crippen LogP contribution in [0.4, 0.5) is 9.18 Å². The van der Waals surface area contributed by atoms with Crippen LogP contribution in [0.3, 0.4) is 0 Å². The number of carbonyl (C=O) groups is 1. The van der Waals surface area contributed by atoms with E-state index in [9.17, 15) is 9.18 Å². The molecule has 3 heterocycles. The van der Waals surface area contributed by atoms with Gasteiger partial charge in [0, 0.05) is 36.0 Å². The van der Waals surface area contributed by atoms with Crippen molar-refractivity contribution in [2.75, 3.05) is 19.6 Å². The number of hydrogen-bond donors (Lipinski definition) is 1. The summed E-state index contributed by atoms with van der Waals surface area (Å²) in [6.07, 6.45) is 2.75. The summed E-state index contributed by atoms with van der Waals surface area (Å²) in [6.45, 7) is 10.9. The molecule has 4 rings (SSSR count). The van der Waals surface area contributed by atoms with Gasteiger partial charge in [0.1, 0.15) is 11.5 Å². The second-order valence-corrected chi connectivity index (χ2v) is 8.97. The molecule has 0 radical (unpaired) electrons. The highest BCUT2D eigenvalue weighted by atomic mass is 19.1. The smallest absolute Gasteiger partial charge is 0.319 e. The van der Waals surface area contributed by atoms with Crippen molar-refractivity contribution in [1.82, 2.24) is 20.3 Å². The number of hydrogen-bond acceptors (Lipinski definition) is 4. The first-order chi connectivity index (χ1) is 13.3. The van der Waals surface area contributed by atoms with Crippen molar-refractivity contribution >= 4 is 17.0 Å². The summed E-state index contributed by atoms with van der Waals surface area (Å²) in [7, 11) is 0. The third kappa shape index (κ3) is 2.96. The second kappa shape index (κ2) is 6.72. The summed E-state index contributed by atoms with van der Waals surface area (Å²) in [5.41, 5.74) is 0.885. The van der Waals surface area contributed by atoms with Gasteiger partial charge in [-0.25, -0.2) is 9.18 Å². The van der Waals surface area contributed by atoms with E-state index >= 15 is 0 Å². The lowest BCUT2D eigenvalue weighted by atomic mass is 9.88. The van der Waals surface area contributed by atoms with Crippen LogP contribution in [0, 0.1) is 5.82 Å². The lowest BCUT2D eigenvalue weighted by Gasteiger charge is -2.52. The molecule has 1 unspecified atom stereocenters. The topological polar surface area (TPSA) is 61.6 Å².